The van der Waals surface area contributed by atoms with Gasteiger partial charge in [0.05, 0.1) is 10.2 Å². The summed E-state index contributed by atoms with van der Waals surface area (Å²) >= 11 is 3.41. The van der Waals surface area contributed by atoms with Crippen LogP contribution in [0.25, 0.3) is 10.2 Å². The van der Waals surface area contributed by atoms with Crippen LogP contribution in [-0.2, 0) is 4.79 Å². The summed E-state index contributed by atoms with van der Waals surface area (Å²) in [5.74, 6) is -0.481. The minimum Gasteiger partial charge on any atom is -0.481 e. The molecule has 0 aliphatic carbocycles. The zero-order valence-corrected chi connectivity index (χ0v) is 17.1. The molecule has 1 aromatic heterocycles. The van der Waals surface area contributed by atoms with E-state index in [1.54, 1.807) is 40.1 Å². The lowest BCUT2D eigenvalue weighted by atomic mass is 10.3. The number of hydrogen-bond donors (Lipinski definition) is 0. The van der Waals surface area contributed by atoms with Gasteiger partial charge in [0.2, 0.25) is 0 Å². The molecule has 8 heteroatoms. The quantitative estimate of drug-likeness (QED) is 0.590. The van der Waals surface area contributed by atoms with E-state index in [0.29, 0.717) is 13.1 Å². The first kappa shape index (κ1) is 19.0. The highest BCUT2D eigenvalue weighted by molar-refractivity contribution is 7.98. The number of rotatable bonds is 5. The molecule has 1 aliphatic heterocycles. The van der Waals surface area contributed by atoms with Gasteiger partial charge in [-0.25, -0.2) is 9.37 Å². The van der Waals surface area contributed by atoms with Crippen molar-refractivity contribution >= 4 is 44.4 Å². The smallest absolute Gasteiger partial charge is 0.260 e. The van der Waals surface area contributed by atoms with Crippen LogP contribution in [-0.4, -0.2) is 54.8 Å². The van der Waals surface area contributed by atoms with E-state index < -0.39 is 5.82 Å². The van der Waals surface area contributed by atoms with E-state index in [-0.39, 0.29) is 18.3 Å². The highest BCUT2D eigenvalue weighted by atomic mass is 32.2. The van der Waals surface area contributed by atoms with Gasteiger partial charge in [-0.05, 0) is 36.6 Å². The molecule has 5 nitrogen and oxygen atoms in total. The summed E-state index contributed by atoms with van der Waals surface area (Å²) in [7, 11) is 0. The Labute approximate surface area is 171 Å². The lowest BCUT2D eigenvalue weighted by Gasteiger charge is -2.34. The number of benzene rings is 2. The van der Waals surface area contributed by atoms with Gasteiger partial charge in [0.1, 0.15) is 0 Å². The van der Waals surface area contributed by atoms with Gasteiger partial charge in [-0.2, -0.15) is 0 Å². The number of carbonyl (C=O) groups is 1. The summed E-state index contributed by atoms with van der Waals surface area (Å²) in [6.07, 6.45) is 2.06. The van der Waals surface area contributed by atoms with Crippen LogP contribution in [0, 0.1) is 5.82 Å². The molecule has 0 N–H and O–H groups in total. The van der Waals surface area contributed by atoms with E-state index in [1.807, 2.05) is 0 Å². The third-order valence-electron chi connectivity index (χ3n) is 4.68. The summed E-state index contributed by atoms with van der Waals surface area (Å²) in [5, 5.41) is 0.989. The van der Waals surface area contributed by atoms with E-state index in [2.05, 4.69) is 29.4 Å². The van der Waals surface area contributed by atoms with Crippen molar-refractivity contribution in [1.29, 1.82) is 0 Å². The Morgan fingerprint density at radius 1 is 1.21 bits per heavy atom. The number of amides is 1. The molecule has 3 aromatic rings. The summed E-state index contributed by atoms with van der Waals surface area (Å²) in [6.45, 7) is 2.50. The normalized spacial score (nSPS) is 14.5. The molecule has 0 bridgehead atoms. The van der Waals surface area contributed by atoms with Crippen LogP contribution in [0.4, 0.5) is 9.52 Å². The van der Waals surface area contributed by atoms with Gasteiger partial charge in [0.25, 0.3) is 5.91 Å². The van der Waals surface area contributed by atoms with Gasteiger partial charge in [-0.3, -0.25) is 4.79 Å². The Morgan fingerprint density at radius 3 is 2.75 bits per heavy atom. The van der Waals surface area contributed by atoms with Crippen LogP contribution in [0.2, 0.25) is 0 Å². The van der Waals surface area contributed by atoms with Crippen LogP contribution >= 0.6 is 23.1 Å². The molecule has 0 spiro atoms. The van der Waals surface area contributed by atoms with Crippen molar-refractivity contribution in [3.8, 4) is 5.75 Å². The molecule has 0 atom stereocenters. The van der Waals surface area contributed by atoms with Gasteiger partial charge in [0, 0.05) is 31.1 Å². The third kappa shape index (κ3) is 4.07. The van der Waals surface area contributed by atoms with Gasteiger partial charge in [-0.15, -0.1) is 11.8 Å². The molecule has 28 heavy (non-hydrogen) atoms. The molecule has 0 saturated carbocycles. The van der Waals surface area contributed by atoms with Crippen molar-refractivity contribution < 1.29 is 13.9 Å². The van der Waals surface area contributed by atoms with Crippen molar-refractivity contribution in [2.75, 3.05) is 43.9 Å². The molecule has 0 radical (unpaired) electrons. The zero-order valence-electron chi connectivity index (χ0n) is 15.4. The molecule has 1 saturated heterocycles. The average Bonchev–Trinajstić information content (AvgIpc) is 3.16. The number of hydrogen-bond acceptors (Lipinski definition) is 6. The standard InChI is InChI=1S/C20H20FN3O2S2/c1-27-14-6-7-16-18(12-14)28-20(22-16)24-10-8-23(9-11-24)19(25)13-26-17-5-3-2-4-15(17)21/h2-7,12H,8-11,13H2,1H3. The maximum Gasteiger partial charge on any atom is 0.260 e. The lowest BCUT2D eigenvalue weighted by molar-refractivity contribution is -0.133. The summed E-state index contributed by atoms with van der Waals surface area (Å²) in [5.41, 5.74) is 1.01. The summed E-state index contributed by atoms with van der Waals surface area (Å²) in [4.78, 5) is 22.3. The largest absolute Gasteiger partial charge is 0.481 e. The molecule has 2 heterocycles. The summed E-state index contributed by atoms with van der Waals surface area (Å²) in [6, 6.07) is 12.4. The lowest BCUT2D eigenvalue weighted by Crippen LogP contribution is -2.50. The number of carbonyl (C=O) groups excluding carboxylic acids is 1. The van der Waals surface area contributed by atoms with Gasteiger partial charge in [-0.1, -0.05) is 23.5 Å². The van der Waals surface area contributed by atoms with Crippen molar-refractivity contribution in [1.82, 2.24) is 9.88 Å². The van der Waals surface area contributed by atoms with Crippen LogP contribution in [0.15, 0.2) is 47.4 Å². The fraction of sp³-hybridized carbons (Fsp3) is 0.300. The Balaban J connectivity index is 1.34. The Kier molecular flexibility index (Phi) is 5.68. The molecule has 1 amide bonds. The van der Waals surface area contributed by atoms with E-state index in [4.69, 9.17) is 9.72 Å². The number of thiazole rings is 1. The number of anilines is 1. The topological polar surface area (TPSA) is 45.7 Å². The second-order valence-electron chi connectivity index (χ2n) is 6.42. The summed E-state index contributed by atoms with van der Waals surface area (Å²) < 4.78 is 20.1. The maximum atomic E-state index is 13.6. The molecule has 0 unspecified atom stereocenters. The Bertz CT molecular complexity index is 986. The number of thioether (sulfide) groups is 1. The van der Waals surface area contributed by atoms with Crippen molar-refractivity contribution in [2.45, 2.75) is 4.90 Å². The number of piperazine rings is 1. The predicted octanol–water partition coefficient (Wildman–Crippen LogP) is 3.88. The predicted molar refractivity (Wildman–Crippen MR) is 112 cm³/mol. The monoisotopic (exact) mass is 417 g/mol. The van der Waals surface area contributed by atoms with E-state index in [1.165, 1.54) is 21.7 Å². The molecule has 1 fully saturated rings. The molecule has 4 rings (SSSR count). The molecular weight excluding hydrogens is 397 g/mol. The molecule has 146 valence electrons. The van der Waals surface area contributed by atoms with E-state index in [9.17, 15) is 9.18 Å². The first-order chi connectivity index (χ1) is 13.6. The van der Waals surface area contributed by atoms with Crippen molar-refractivity contribution in [2.24, 2.45) is 0 Å². The van der Waals surface area contributed by atoms with Gasteiger partial charge >= 0.3 is 0 Å². The number of aromatic nitrogens is 1. The first-order valence-electron chi connectivity index (χ1n) is 8.98. The number of nitrogens with zero attached hydrogens (tertiary/aromatic N) is 3. The van der Waals surface area contributed by atoms with E-state index in [0.717, 1.165) is 23.7 Å². The zero-order chi connectivity index (χ0) is 19.5. The van der Waals surface area contributed by atoms with Crippen molar-refractivity contribution in [3.05, 3.63) is 48.3 Å². The molecular formula is C20H20FN3O2S2. The number of fused-ring (bicyclic) bond motifs is 1. The molecule has 2 aromatic carbocycles. The Morgan fingerprint density at radius 2 is 2.00 bits per heavy atom. The second-order valence-corrected chi connectivity index (χ2v) is 8.31. The Hall–Kier alpha value is -2.32. The highest BCUT2D eigenvalue weighted by Gasteiger charge is 2.23. The number of halogens is 1. The fourth-order valence-corrected chi connectivity index (χ4v) is 4.67. The second kappa shape index (κ2) is 8.36. The third-order valence-corrected chi connectivity index (χ3v) is 6.48. The maximum absolute atomic E-state index is 13.6. The van der Waals surface area contributed by atoms with Crippen molar-refractivity contribution in [3.63, 3.8) is 0 Å². The minimum absolute atomic E-state index is 0.105. The first-order valence-corrected chi connectivity index (χ1v) is 11.0. The fourth-order valence-electron chi connectivity index (χ4n) is 3.09. The van der Waals surface area contributed by atoms with Gasteiger partial charge in [0.15, 0.2) is 23.3 Å². The van der Waals surface area contributed by atoms with Gasteiger partial charge < -0.3 is 14.5 Å². The van der Waals surface area contributed by atoms with Crippen LogP contribution < -0.4 is 9.64 Å². The highest BCUT2D eigenvalue weighted by Crippen LogP contribution is 2.32. The number of ether oxygens (including phenoxy) is 1. The minimum atomic E-state index is -0.458. The average molecular weight is 418 g/mol. The SMILES string of the molecule is CSc1ccc2nc(N3CCN(C(=O)COc4ccccc4F)CC3)sc2c1. The van der Waals surface area contributed by atoms with Crippen LogP contribution in [0.3, 0.4) is 0 Å². The van der Waals surface area contributed by atoms with E-state index >= 15 is 0 Å². The van der Waals surface area contributed by atoms with Crippen LogP contribution in [0.5, 0.6) is 5.75 Å². The number of para-hydroxylation sites is 1. The molecule has 1 aliphatic rings. The van der Waals surface area contributed by atoms with Crippen LogP contribution in [0.1, 0.15) is 0 Å².